The lowest BCUT2D eigenvalue weighted by molar-refractivity contribution is -0.141. The van der Waals surface area contributed by atoms with Gasteiger partial charge in [-0.15, -0.1) is 0 Å². The molecule has 6 nitrogen and oxygen atoms in total. The molecular formula is C13H14N2O4. The Labute approximate surface area is 110 Å². The van der Waals surface area contributed by atoms with Crippen molar-refractivity contribution in [2.75, 3.05) is 0 Å². The lowest BCUT2D eigenvalue weighted by atomic mass is 10.1. The van der Waals surface area contributed by atoms with Gasteiger partial charge in [-0.25, -0.2) is 4.79 Å². The third-order valence-electron chi connectivity index (χ3n) is 2.53. The van der Waals surface area contributed by atoms with Crippen molar-refractivity contribution in [2.24, 2.45) is 0 Å². The zero-order chi connectivity index (χ0) is 14.4. The molecular weight excluding hydrogens is 248 g/mol. The van der Waals surface area contributed by atoms with Crippen LogP contribution in [-0.4, -0.2) is 34.2 Å². The topological polar surface area (TPSA) is 110 Å². The highest BCUT2D eigenvalue weighted by Crippen LogP contribution is 2.06. The number of benzene rings is 1. The number of nitriles is 1. The summed E-state index contributed by atoms with van der Waals surface area (Å²) in [6.07, 6.45) is -0.952. The molecule has 0 saturated heterocycles. The molecule has 2 atom stereocenters. The molecule has 1 rings (SSSR count). The van der Waals surface area contributed by atoms with Crippen LogP contribution in [0.5, 0.6) is 0 Å². The molecule has 0 spiro atoms. The number of rotatable bonds is 5. The zero-order valence-electron chi connectivity index (χ0n) is 10.3. The highest BCUT2D eigenvalue weighted by molar-refractivity contribution is 5.96. The molecule has 0 aliphatic rings. The standard InChI is InChI=1S/C13H14N2O4/c1-8(16)11(13(18)19)15-12(17)10-4-2-9(3-5-10)6-7-14/h2-5,8,11,16H,6H2,1H3,(H,15,17)(H,18,19). The van der Waals surface area contributed by atoms with E-state index in [4.69, 9.17) is 10.4 Å². The number of aliphatic carboxylic acids is 1. The summed E-state index contributed by atoms with van der Waals surface area (Å²) in [5.74, 6) is -1.89. The van der Waals surface area contributed by atoms with E-state index in [1.165, 1.54) is 19.1 Å². The number of amides is 1. The predicted octanol–water partition coefficient (Wildman–Crippen LogP) is 0.316. The highest BCUT2D eigenvalue weighted by atomic mass is 16.4. The average molecular weight is 262 g/mol. The van der Waals surface area contributed by atoms with Crippen molar-refractivity contribution in [1.29, 1.82) is 5.26 Å². The third kappa shape index (κ3) is 4.08. The summed E-state index contributed by atoms with van der Waals surface area (Å²) < 4.78 is 0. The van der Waals surface area contributed by atoms with Gasteiger partial charge in [-0.3, -0.25) is 4.79 Å². The largest absolute Gasteiger partial charge is 0.480 e. The number of aliphatic hydroxyl groups excluding tert-OH is 1. The van der Waals surface area contributed by atoms with Gasteiger partial charge in [0.15, 0.2) is 6.04 Å². The minimum Gasteiger partial charge on any atom is -0.480 e. The van der Waals surface area contributed by atoms with E-state index in [-0.39, 0.29) is 12.0 Å². The Morgan fingerprint density at radius 1 is 1.37 bits per heavy atom. The maximum Gasteiger partial charge on any atom is 0.328 e. The van der Waals surface area contributed by atoms with Crippen LogP contribution in [0.3, 0.4) is 0 Å². The lowest BCUT2D eigenvalue weighted by Gasteiger charge is -2.17. The summed E-state index contributed by atoms with van der Waals surface area (Å²) in [5, 5.41) is 28.9. The van der Waals surface area contributed by atoms with Crippen LogP contribution in [0.1, 0.15) is 22.8 Å². The molecule has 2 unspecified atom stereocenters. The van der Waals surface area contributed by atoms with E-state index < -0.39 is 24.0 Å². The first-order valence-electron chi connectivity index (χ1n) is 5.63. The van der Waals surface area contributed by atoms with Gasteiger partial charge in [0.25, 0.3) is 5.91 Å². The summed E-state index contributed by atoms with van der Waals surface area (Å²) >= 11 is 0. The molecule has 0 radical (unpaired) electrons. The number of carboxylic acid groups (broad SMARTS) is 1. The number of hydrogen-bond donors (Lipinski definition) is 3. The Kier molecular flexibility index (Phi) is 5.03. The highest BCUT2D eigenvalue weighted by Gasteiger charge is 2.25. The SMILES string of the molecule is CC(O)C(NC(=O)c1ccc(CC#N)cc1)C(=O)O. The van der Waals surface area contributed by atoms with Crippen LogP contribution in [0, 0.1) is 11.3 Å². The van der Waals surface area contributed by atoms with E-state index in [9.17, 15) is 14.7 Å². The molecule has 100 valence electrons. The fraction of sp³-hybridized carbons (Fsp3) is 0.308. The molecule has 0 heterocycles. The Balaban J connectivity index is 2.77. The summed E-state index contributed by atoms with van der Waals surface area (Å²) in [7, 11) is 0. The smallest absolute Gasteiger partial charge is 0.328 e. The van der Waals surface area contributed by atoms with E-state index >= 15 is 0 Å². The lowest BCUT2D eigenvalue weighted by Crippen LogP contribution is -2.47. The molecule has 1 aromatic rings. The average Bonchev–Trinajstić information content (AvgIpc) is 2.36. The van der Waals surface area contributed by atoms with Gasteiger partial charge in [0.2, 0.25) is 0 Å². The molecule has 19 heavy (non-hydrogen) atoms. The van der Waals surface area contributed by atoms with Crippen LogP contribution in [0.2, 0.25) is 0 Å². The summed E-state index contributed by atoms with van der Waals surface area (Å²) in [4.78, 5) is 22.6. The van der Waals surface area contributed by atoms with Gasteiger partial charge in [-0.1, -0.05) is 12.1 Å². The second-order valence-electron chi connectivity index (χ2n) is 4.06. The number of hydrogen-bond acceptors (Lipinski definition) is 4. The Bertz CT molecular complexity index is 502. The van der Waals surface area contributed by atoms with Crippen LogP contribution in [-0.2, 0) is 11.2 Å². The van der Waals surface area contributed by atoms with Crippen LogP contribution in [0.25, 0.3) is 0 Å². The number of aliphatic hydroxyl groups is 1. The van der Waals surface area contributed by atoms with Crippen LogP contribution >= 0.6 is 0 Å². The van der Waals surface area contributed by atoms with Crippen molar-refractivity contribution in [1.82, 2.24) is 5.32 Å². The predicted molar refractivity (Wildman–Crippen MR) is 66.3 cm³/mol. The van der Waals surface area contributed by atoms with E-state index in [0.717, 1.165) is 5.56 Å². The molecule has 0 aromatic heterocycles. The number of carboxylic acids is 1. The first kappa shape index (κ1) is 14.7. The molecule has 0 aliphatic heterocycles. The molecule has 0 aliphatic carbocycles. The van der Waals surface area contributed by atoms with Crippen molar-refractivity contribution >= 4 is 11.9 Å². The van der Waals surface area contributed by atoms with Crippen LogP contribution in [0.4, 0.5) is 0 Å². The minimum atomic E-state index is -1.36. The number of carbonyl (C=O) groups is 2. The number of nitrogens with one attached hydrogen (secondary N) is 1. The van der Waals surface area contributed by atoms with Crippen LogP contribution < -0.4 is 5.32 Å². The molecule has 6 heteroatoms. The van der Waals surface area contributed by atoms with E-state index in [1.807, 2.05) is 6.07 Å². The van der Waals surface area contributed by atoms with Gasteiger partial charge in [0, 0.05) is 5.56 Å². The Hall–Kier alpha value is -2.39. The molecule has 1 aromatic carbocycles. The van der Waals surface area contributed by atoms with Crippen molar-refractivity contribution < 1.29 is 19.8 Å². The molecule has 0 fully saturated rings. The molecule has 3 N–H and O–H groups in total. The van der Waals surface area contributed by atoms with Crippen LogP contribution in [0.15, 0.2) is 24.3 Å². The molecule has 1 amide bonds. The monoisotopic (exact) mass is 262 g/mol. The Morgan fingerprint density at radius 2 is 1.95 bits per heavy atom. The van der Waals surface area contributed by atoms with Crippen molar-refractivity contribution in [2.45, 2.75) is 25.5 Å². The first-order chi connectivity index (χ1) is 8.95. The van der Waals surface area contributed by atoms with E-state index in [0.29, 0.717) is 0 Å². The summed E-state index contributed by atoms with van der Waals surface area (Å²) in [6.45, 7) is 1.29. The first-order valence-corrected chi connectivity index (χ1v) is 5.63. The van der Waals surface area contributed by atoms with Gasteiger partial charge in [-0.2, -0.15) is 5.26 Å². The van der Waals surface area contributed by atoms with Gasteiger partial charge < -0.3 is 15.5 Å². The summed E-state index contributed by atoms with van der Waals surface area (Å²) in [5.41, 5.74) is 1.04. The van der Waals surface area contributed by atoms with Gasteiger partial charge in [0.1, 0.15) is 0 Å². The van der Waals surface area contributed by atoms with Gasteiger partial charge >= 0.3 is 5.97 Å². The van der Waals surface area contributed by atoms with Gasteiger partial charge in [-0.05, 0) is 24.6 Å². The Morgan fingerprint density at radius 3 is 2.37 bits per heavy atom. The maximum absolute atomic E-state index is 11.8. The maximum atomic E-state index is 11.8. The second-order valence-corrected chi connectivity index (χ2v) is 4.06. The summed E-state index contributed by atoms with van der Waals surface area (Å²) in [6, 6.07) is 6.88. The minimum absolute atomic E-state index is 0.243. The van der Waals surface area contributed by atoms with Crippen molar-refractivity contribution in [3.63, 3.8) is 0 Å². The fourth-order valence-electron chi connectivity index (χ4n) is 1.48. The van der Waals surface area contributed by atoms with Crippen molar-refractivity contribution in [3.05, 3.63) is 35.4 Å². The van der Waals surface area contributed by atoms with Gasteiger partial charge in [0.05, 0.1) is 18.6 Å². The molecule has 0 bridgehead atoms. The second kappa shape index (κ2) is 6.52. The van der Waals surface area contributed by atoms with E-state index in [1.54, 1.807) is 12.1 Å². The van der Waals surface area contributed by atoms with Crippen molar-refractivity contribution in [3.8, 4) is 6.07 Å². The normalized spacial score (nSPS) is 13.1. The zero-order valence-corrected chi connectivity index (χ0v) is 10.3. The van der Waals surface area contributed by atoms with E-state index in [2.05, 4.69) is 5.32 Å². The third-order valence-corrected chi connectivity index (χ3v) is 2.53. The number of nitrogens with zero attached hydrogens (tertiary/aromatic N) is 1. The number of carbonyl (C=O) groups excluding carboxylic acids is 1. The fourth-order valence-corrected chi connectivity index (χ4v) is 1.48. The quantitative estimate of drug-likeness (QED) is 0.707. The molecule has 0 saturated carbocycles.